The number of thioether (sulfide) groups is 1. The summed E-state index contributed by atoms with van der Waals surface area (Å²) >= 11 is 1.87. The van der Waals surface area contributed by atoms with Crippen LogP contribution < -0.4 is 11.1 Å². The van der Waals surface area contributed by atoms with Crippen LogP contribution in [-0.2, 0) is 0 Å². The second-order valence-electron chi connectivity index (χ2n) is 7.33. The fourth-order valence-corrected chi connectivity index (χ4v) is 5.25. The maximum atomic E-state index is 6.32. The van der Waals surface area contributed by atoms with Crippen LogP contribution in [0.3, 0.4) is 0 Å². The molecule has 3 aromatic heterocycles. The lowest BCUT2D eigenvalue weighted by atomic mass is 10.0. The SMILES string of the molecule is CN1CC(c2cnc3[nH]c4cnc(N)c(SC5CCNCC5)c4c3c2)C=N1. The van der Waals surface area contributed by atoms with E-state index in [2.05, 4.69) is 31.4 Å². The van der Waals surface area contributed by atoms with Gasteiger partial charge >= 0.3 is 0 Å². The molecule has 8 heteroatoms. The molecule has 1 atom stereocenters. The molecule has 1 unspecified atom stereocenters. The maximum absolute atomic E-state index is 6.32. The molecule has 1 saturated heterocycles. The summed E-state index contributed by atoms with van der Waals surface area (Å²) in [6, 6.07) is 2.24. The molecule has 0 aliphatic carbocycles. The van der Waals surface area contributed by atoms with E-state index in [0.717, 1.165) is 59.3 Å². The molecule has 2 aliphatic rings. The van der Waals surface area contributed by atoms with Gasteiger partial charge in [-0.05, 0) is 37.6 Å². The van der Waals surface area contributed by atoms with Crippen LogP contribution in [0.4, 0.5) is 5.82 Å². The highest BCUT2D eigenvalue weighted by molar-refractivity contribution is 8.00. The van der Waals surface area contributed by atoms with Gasteiger partial charge in [0, 0.05) is 47.9 Å². The number of hydrogen-bond donors (Lipinski definition) is 3. The number of nitrogens with zero attached hydrogens (tertiary/aromatic N) is 4. The normalized spacial score (nSPS) is 20.9. The van der Waals surface area contributed by atoms with Gasteiger partial charge in [0.1, 0.15) is 11.5 Å². The summed E-state index contributed by atoms with van der Waals surface area (Å²) in [5, 5.41) is 12.6. The van der Waals surface area contributed by atoms with Gasteiger partial charge in [-0.3, -0.25) is 5.01 Å². The van der Waals surface area contributed by atoms with Gasteiger partial charge in [-0.2, -0.15) is 5.10 Å². The lowest BCUT2D eigenvalue weighted by molar-refractivity contribution is 0.381. The molecule has 5 rings (SSSR count). The molecule has 0 spiro atoms. The van der Waals surface area contributed by atoms with Gasteiger partial charge in [0.15, 0.2) is 0 Å². The number of piperidine rings is 1. The van der Waals surface area contributed by atoms with Crippen LogP contribution in [0.25, 0.3) is 21.9 Å². The van der Waals surface area contributed by atoms with Gasteiger partial charge in [-0.1, -0.05) is 0 Å². The number of rotatable bonds is 3. The number of aromatic amines is 1. The van der Waals surface area contributed by atoms with Crippen molar-refractivity contribution < 1.29 is 0 Å². The zero-order chi connectivity index (χ0) is 18.4. The number of anilines is 1. The number of hydrazone groups is 1. The predicted octanol–water partition coefficient (Wildman–Crippen LogP) is 2.55. The number of nitrogens with one attached hydrogen (secondary N) is 2. The Morgan fingerprint density at radius 3 is 2.85 bits per heavy atom. The van der Waals surface area contributed by atoms with Crippen LogP contribution in [0.15, 0.2) is 28.5 Å². The van der Waals surface area contributed by atoms with E-state index in [1.54, 1.807) is 0 Å². The van der Waals surface area contributed by atoms with E-state index in [9.17, 15) is 0 Å². The summed E-state index contributed by atoms with van der Waals surface area (Å²) < 4.78 is 0. The van der Waals surface area contributed by atoms with E-state index in [4.69, 9.17) is 5.73 Å². The summed E-state index contributed by atoms with van der Waals surface area (Å²) in [6.45, 7) is 3.01. The highest BCUT2D eigenvalue weighted by Gasteiger charge is 2.22. The fourth-order valence-electron chi connectivity index (χ4n) is 3.94. The van der Waals surface area contributed by atoms with E-state index < -0.39 is 0 Å². The van der Waals surface area contributed by atoms with Crippen molar-refractivity contribution in [3.63, 3.8) is 0 Å². The minimum atomic E-state index is 0.275. The average molecular weight is 382 g/mol. The van der Waals surface area contributed by atoms with E-state index in [-0.39, 0.29) is 5.92 Å². The molecule has 0 bridgehead atoms. The highest BCUT2D eigenvalue weighted by atomic mass is 32.2. The number of nitrogens with two attached hydrogens (primary N) is 1. The van der Waals surface area contributed by atoms with E-state index in [1.165, 1.54) is 5.56 Å². The average Bonchev–Trinajstić information content (AvgIpc) is 3.28. The van der Waals surface area contributed by atoms with E-state index in [1.807, 2.05) is 42.4 Å². The van der Waals surface area contributed by atoms with E-state index >= 15 is 0 Å². The number of nitrogen functional groups attached to an aromatic ring is 1. The Labute approximate surface area is 161 Å². The van der Waals surface area contributed by atoms with Gasteiger partial charge in [-0.15, -0.1) is 11.8 Å². The molecule has 5 heterocycles. The third-order valence-electron chi connectivity index (χ3n) is 5.40. The minimum absolute atomic E-state index is 0.275. The van der Waals surface area contributed by atoms with Crippen molar-refractivity contribution in [2.75, 3.05) is 32.4 Å². The molecule has 27 heavy (non-hydrogen) atoms. The number of hydrogen-bond acceptors (Lipinski definition) is 7. The van der Waals surface area contributed by atoms with Crippen molar-refractivity contribution in [3.8, 4) is 0 Å². The Balaban J connectivity index is 1.62. The van der Waals surface area contributed by atoms with Crippen molar-refractivity contribution in [1.29, 1.82) is 0 Å². The topological polar surface area (TPSA) is 95.2 Å². The van der Waals surface area contributed by atoms with E-state index in [0.29, 0.717) is 11.1 Å². The third kappa shape index (κ3) is 3.02. The summed E-state index contributed by atoms with van der Waals surface area (Å²) in [4.78, 5) is 13.6. The van der Waals surface area contributed by atoms with Crippen molar-refractivity contribution in [1.82, 2.24) is 25.3 Å². The molecule has 1 fully saturated rings. The van der Waals surface area contributed by atoms with Crippen LogP contribution in [0.2, 0.25) is 0 Å². The zero-order valence-corrected chi connectivity index (χ0v) is 16.1. The Morgan fingerprint density at radius 2 is 2.07 bits per heavy atom. The lowest BCUT2D eigenvalue weighted by Gasteiger charge is -2.22. The van der Waals surface area contributed by atoms with Crippen molar-refractivity contribution in [2.45, 2.75) is 28.9 Å². The first-order valence-electron chi connectivity index (χ1n) is 9.37. The van der Waals surface area contributed by atoms with Crippen LogP contribution in [-0.4, -0.2) is 58.1 Å². The Kier molecular flexibility index (Phi) is 4.17. The first kappa shape index (κ1) is 16.8. The fraction of sp³-hybridized carbons (Fsp3) is 0.421. The lowest BCUT2D eigenvalue weighted by Crippen LogP contribution is -2.29. The van der Waals surface area contributed by atoms with Crippen molar-refractivity contribution in [2.24, 2.45) is 5.10 Å². The van der Waals surface area contributed by atoms with Crippen molar-refractivity contribution >= 4 is 45.7 Å². The number of pyridine rings is 2. The molecule has 0 aromatic carbocycles. The molecule has 0 amide bonds. The first-order chi connectivity index (χ1) is 13.2. The zero-order valence-electron chi connectivity index (χ0n) is 15.3. The predicted molar refractivity (Wildman–Crippen MR) is 111 cm³/mol. The minimum Gasteiger partial charge on any atom is -0.383 e. The summed E-state index contributed by atoms with van der Waals surface area (Å²) in [5.41, 5.74) is 9.39. The number of H-pyrrole nitrogens is 1. The number of likely N-dealkylation sites (N-methyl/N-ethyl adjacent to an activating group) is 1. The molecule has 2 aliphatic heterocycles. The van der Waals surface area contributed by atoms with Gasteiger partial charge in [0.25, 0.3) is 0 Å². The molecule has 7 nitrogen and oxygen atoms in total. The van der Waals surface area contributed by atoms with Crippen LogP contribution in [0.5, 0.6) is 0 Å². The largest absolute Gasteiger partial charge is 0.383 e. The Bertz CT molecular complexity index is 1020. The van der Waals surface area contributed by atoms with Gasteiger partial charge in [-0.25, -0.2) is 9.97 Å². The quantitative estimate of drug-likeness (QED) is 0.645. The maximum Gasteiger partial charge on any atom is 0.138 e. The monoisotopic (exact) mass is 381 g/mol. The number of aromatic nitrogens is 3. The summed E-state index contributed by atoms with van der Waals surface area (Å²) in [7, 11) is 1.99. The Hall–Kier alpha value is -2.32. The first-order valence-corrected chi connectivity index (χ1v) is 10.3. The van der Waals surface area contributed by atoms with Gasteiger partial charge in [0.05, 0.1) is 16.6 Å². The summed E-state index contributed by atoms with van der Waals surface area (Å²) in [6.07, 6.45) is 8.07. The van der Waals surface area contributed by atoms with Crippen LogP contribution in [0, 0.1) is 0 Å². The van der Waals surface area contributed by atoms with Gasteiger partial charge in [0.2, 0.25) is 0 Å². The van der Waals surface area contributed by atoms with Crippen LogP contribution >= 0.6 is 11.8 Å². The molecule has 0 radical (unpaired) electrons. The smallest absolute Gasteiger partial charge is 0.138 e. The van der Waals surface area contributed by atoms with Crippen LogP contribution in [0.1, 0.15) is 24.3 Å². The molecular weight excluding hydrogens is 358 g/mol. The second-order valence-corrected chi connectivity index (χ2v) is 8.64. The van der Waals surface area contributed by atoms with Gasteiger partial charge < -0.3 is 16.0 Å². The third-order valence-corrected chi connectivity index (χ3v) is 6.85. The standard InChI is InChI=1S/C19H23N7S/c1-26-10-12(8-24-26)11-6-14-16-15(25-19(14)23-7-11)9-22-18(20)17(16)27-13-2-4-21-5-3-13/h6-9,12-13,21H,2-5,10H2,1H3,(H2,20,22)(H,23,25). The molecular formula is C19H23N7S. The second kappa shape index (κ2) is 6.69. The molecule has 0 saturated carbocycles. The molecule has 140 valence electrons. The molecule has 3 aromatic rings. The highest BCUT2D eigenvalue weighted by Crippen LogP contribution is 2.40. The Morgan fingerprint density at radius 1 is 1.22 bits per heavy atom. The molecule has 4 N–H and O–H groups in total. The summed E-state index contributed by atoms with van der Waals surface area (Å²) in [5.74, 6) is 0.885. The number of fused-ring (bicyclic) bond motifs is 3. The van der Waals surface area contributed by atoms with Crippen molar-refractivity contribution in [3.05, 3.63) is 24.0 Å².